The summed E-state index contributed by atoms with van der Waals surface area (Å²) in [6.45, 7) is 0.282. The van der Waals surface area contributed by atoms with Crippen molar-refractivity contribution in [2.45, 2.75) is 17.9 Å². The summed E-state index contributed by atoms with van der Waals surface area (Å²) in [5.41, 5.74) is 0.836. The summed E-state index contributed by atoms with van der Waals surface area (Å²) >= 11 is 1.45. The molecule has 0 spiro atoms. The van der Waals surface area contributed by atoms with Gasteiger partial charge in [0, 0.05) is 28.8 Å². The van der Waals surface area contributed by atoms with Gasteiger partial charge < -0.3 is 5.11 Å². The van der Waals surface area contributed by atoms with Crippen LogP contribution in [0.25, 0.3) is 0 Å². The van der Waals surface area contributed by atoms with Crippen molar-refractivity contribution >= 4 is 21.4 Å². The third kappa shape index (κ3) is 4.69. The van der Waals surface area contributed by atoms with E-state index in [1.165, 1.54) is 11.3 Å². The normalized spacial score (nSPS) is 10.9. The van der Waals surface area contributed by atoms with Gasteiger partial charge >= 0.3 is 0 Å². The maximum atomic E-state index is 12.1. The standard InChI is InChI=1S/C15H15NO3S2/c17-9-5-4-6-13-10-14(20-12-13)11-16-21(18,19)15-7-2-1-3-8-15/h1-3,7-8,10,12,16-17H,5,9,11H2. The lowest BCUT2D eigenvalue weighted by Gasteiger charge is -2.04. The first kappa shape index (κ1) is 15.7. The van der Waals surface area contributed by atoms with E-state index in [2.05, 4.69) is 16.6 Å². The van der Waals surface area contributed by atoms with Crippen LogP contribution in [0.5, 0.6) is 0 Å². The van der Waals surface area contributed by atoms with E-state index in [0.717, 1.165) is 10.4 Å². The maximum Gasteiger partial charge on any atom is 0.240 e. The van der Waals surface area contributed by atoms with Gasteiger partial charge in [-0.15, -0.1) is 11.3 Å². The molecule has 0 saturated carbocycles. The van der Waals surface area contributed by atoms with Gasteiger partial charge in [0.25, 0.3) is 0 Å². The molecule has 0 unspecified atom stereocenters. The number of sulfonamides is 1. The minimum absolute atomic E-state index is 0.0425. The van der Waals surface area contributed by atoms with Crippen LogP contribution in [0.15, 0.2) is 46.7 Å². The second-order valence-electron chi connectivity index (χ2n) is 4.21. The van der Waals surface area contributed by atoms with Gasteiger partial charge in [0.1, 0.15) is 0 Å². The highest BCUT2D eigenvalue weighted by atomic mass is 32.2. The number of nitrogens with one attached hydrogen (secondary N) is 1. The fraction of sp³-hybridized carbons (Fsp3) is 0.200. The molecule has 0 saturated heterocycles. The van der Waals surface area contributed by atoms with Gasteiger partial charge in [0.15, 0.2) is 0 Å². The zero-order valence-electron chi connectivity index (χ0n) is 11.2. The van der Waals surface area contributed by atoms with Crippen molar-refractivity contribution < 1.29 is 13.5 Å². The molecular weight excluding hydrogens is 306 g/mol. The van der Waals surface area contributed by atoms with Crippen LogP contribution in [-0.2, 0) is 16.6 Å². The van der Waals surface area contributed by atoms with Crippen molar-refractivity contribution in [1.29, 1.82) is 0 Å². The van der Waals surface area contributed by atoms with Crippen LogP contribution in [0.3, 0.4) is 0 Å². The number of benzene rings is 1. The number of aliphatic hydroxyl groups excluding tert-OH is 1. The lowest BCUT2D eigenvalue weighted by Crippen LogP contribution is -2.22. The summed E-state index contributed by atoms with van der Waals surface area (Å²) in [5.74, 6) is 5.75. The van der Waals surface area contributed by atoms with Crippen molar-refractivity contribution in [3.8, 4) is 11.8 Å². The Morgan fingerprint density at radius 3 is 2.71 bits per heavy atom. The average Bonchev–Trinajstić information content (AvgIpc) is 2.95. The van der Waals surface area contributed by atoms with E-state index in [1.54, 1.807) is 30.3 Å². The minimum Gasteiger partial charge on any atom is -0.395 e. The third-order valence-corrected chi connectivity index (χ3v) is 4.97. The molecule has 0 atom stereocenters. The van der Waals surface area contributed by atoms with Gasteiger partial charge in [-0.25, -0.2) is 13.1 Å². The molecule has 2 aromatic rings. The molecule has 0 bridgehead atoms. The molecule has 1 aromatic carbocycles. The molecule has 6 heteroatoms. The Morgan fingerprint density at radius 1 is 1.24 bits per heavy atom. The molecule has 0 radical (unpaired) electrons. The zero-order valence-corrected chi connectivity index (χ0v) is 12.9. The predicted octanol–water partition coefficient (Wildman–Crippen LogP) is 1.96. The number of aliphatic hydroxyl groups is 1. The predicted molar refractivity (Wildman–Crippen MR) is 83.4 cm³/mol. The van der Waals surface area contributed by atoms with Gasteiger partial charge in [-0.05, 0) is 18.2 Å². The van der Waals surface area contributed by atoms with Gasteiger partial charge in [0.05, 0.1) is 11.5 Å². The van der Waals surface area contributed by atoms with Crippen LogP contribution in [0.4, 0.5) is 0 Å². The SMILES string of the molecule is O=S(=O)(NCc1cc(C#CCCO)cs1)c1ccccc1. The van der Waals surface area contributed by atoms with Crippen molar-refractivity contribution in [1.82, 2.24) is 4.72 Å². The van der Waals surface area contributed by atoms with Crippen molar-refractivity contribution in [2.75, 3.05) is 6.61 Å². The second-order valence-corrected chi connectivity index (χ2v) is 6.98. The van der Waals surface area contributed by atoms with E-state index in [4.69, 9.17) is 5.11 Å². The van der Waals surface area contributed by atoms with E-state index in [-0.39, 0.29) is 18.0 Å². The summed E-state index contributed by atoms with van der Waals surface area (Å²) in [4.78, 5) is 1.15. The molecule has 1 aromatic heterocycles. The van der Waals surface area contributed by atoms with Crippen LogP contribution >= 0.6 is 11.3 Å². The largest absolute Gasteiger partial charge is 0.395 e. The van der Waals surface area contributed by atoms with E-state index < -0.39 is 10.0 Å². The highest BCUT2D eigenvalue weighted by Gasteiger charge is 2.13. The first-order chi connectivity index (χ1) is 10.1. The zero-order chi connectivity index (χ0) is 15.1. The Morgan fingerprint density at radius 2 is 2.00 bits per heavy atom. The van der Waals surface area contributed by atoms with E-state index in [1.807, 2.05) is 11.4 Å². The minimum atomic E-state index is -3.48. The molecule has 4 nitrogen and oxygen atoms in total. The first-order valence-electron chi connectivity index (χ1n) is 6.34. The number of hydrogen-bond donors (Lipinski definition) is 2. The summed E-state index contributed by atoms with van der Waals surface area (Å²) in [6.07, 6.45) is 0.436. The Labute approximate surface area is 128 Å². The second kappa shape index (κ2) is 7.38. The summed E-state index contributed by atoms with van der Waals surface area (Å²) in [5, 5.41) is 10.5. The highest BCUT2D eigenvalue weighted by Crippen LogP contribution is 2.15. The fourth-order valence-corrected chi connectivity index (χ4v) is 3.48. The molecule has 0 amide bonds. The van der Waals surface area contributed by atoms with E-state index in [9.17, 15) is 8.42 Å². The monoisotopic (exact) mass is 321 g/mol. The molecule has 0 aliphatic heterocycles. The van der Waals surface area contributed by atoms with Crippen LogP contribution in [0.1, 0.15) is 16.9 Å². The Balaban J connectivity index is 1.99. The quantitative estimate of drug-likeness (QED) is 0.827. The lowest BCUT2D eigenvalue weighted by molar-refractivity contribution is 0.305. The van der Waals surface area contributed by atoms with Gasteiger partial charge in [-0.2, -0.15) is 0 Å². The molecule has 0 fully saturated rings. The number of hydrogen-bond acceptors (Lipinski definition) is 4. The number of thiophene rings is 1. The fourth-order valence-electron chi connectivity index (χ4n) is 1.61. The molecule has 21 heavy (non-hydrogen) atoms. The average molecular weight is 321 g/mol. The van der Waals surface area contributed by atoms with Crippen LogP contribution in [-0.4, -0.2) is 20.1 Å². The molecule has 0 aliphatic rings. The Hall–Kier alpha value is -1.65. The lowest BCUT2D eigenvalue weighted by atomic mass is 10.3. The van der Waals surface area contributed by atoms with Gasteiger partial charge in [0.2, 0.25) is 10.0 Å². The highest BCUT2D eigenvalue weighted by molar-refractivity contribution is 7.89. The summed E-state index contributed by atoms with van der Waals surface area (Å²) < 4.78 is 26.7. The van der Waals surface area contributed by atoms with Crippen molar-refractivity contribution in [2.24, 2.45) is 0 Å². The molecule has 0 aliphatic carbocycles. The van der Waals surface area contributed by atoms with Crippen LogP contribution in [0.2, 0.25) is 0 Å². The molecular formula is C15H15NO3S2. The van der Waals surface area contributed by atoms with Crippen molar-refractivity contribution in [3.05, 3.63) is 52.2 Å². The van der Waals surface area contributed by atoms with Gasteiger partial charge in [-0.3, -0.25) is 0 Å². The Bertz CT molecular complexity index is 740. The first-order valence-corrected chi connectivity index (χ1v) is 8.70. The summed E-state index contributed by atoms with van der Waals surface area (Å²) in [7, 11) is -3.48. The molecule has 2 rings (SSSR count). The maximum absolute atomic E-state index is 12.1. The summed E-state index contributed by atoms with van der Waals surface area (Å²) in [6, 6.07) is 10.1. The molecule has 2 N–H and O–H groups in total. The molecule has 1 heterocycles. The van der Waals surface area contributed by atoms with Crippen LogP contribution < -0.4 is 4.72 Å². The third-order valence-electron chi connectivity index (χ3n) is 2.61. The van der Waals surface area contributed by atoms with E-state index >= 15 is 0 Å². The topological polar surface area (TPSA) is 66.4 Å². The smallest absolute Gasteiger partial charge is 0.240 e. The van der Waals surface area contributed by atoms with Gasteiger partial charge in [-0.1, -0.05) is 30.0 Å². The Kier molecular flexibility index (Phi) is 5.53. The van der Waals surface area contributed by atoms with Crippen LogP contribution in [0, 0.1) is 11.8 Å². The van der Waals surface area contributed by atoms with Crippen molar-refractivity contribution in [3.63, 3.8) is 0 Å². The van der Waals surface area contributed by atoms with E-state index in [0.29, 0.717) is 6.42 Å². The molecule has 110 valence electrons. The number of rotatable bonds is 5.